The Labute approximate surface area is 74.9 Å². The number of hydrogen-bond donors (Lipinski definition) is 1. The first-order valence-electron chi connectivity index (χ1n) is 3.48. The van der Waals surface area contributed by atoms with Crippen molar-refractivity contribution in [2.24, 2.45) is 0 Å². The van der Waals surface area contributed by atoms with Crippen LogP contribution < -0.4 is 5.73 Å². The van der Waals surface area contributed by atoms with Gasteiger partial charge in [-0.05, 0) is 24.1 Å². The van der Waals surface area contributed by atoms with Crippen molar-refractivity contribution in [2.45, 2.75) is 11.3 Å². The molecule has 1 aliphatic rings. The predicted octanol–water partition coefficient (Wildman–Crippen LogP) is 2.57. The van der Waals surface area contributed by atoms with Crippen LogP contribution in [0.25, 0.3) is 0 Å². The van der Waals surface area contributed by atoms with Gasteiger partial charge in [0.05, 0.1) is 10.7 Å². The second kappa shape index (κ2) is 2.61. The largest absolute Gasteiger partial charge is 0.397 e. The highest BCUT2D eigenvalue weighted by atomic mass is 35.5. The number of anilines is 1. The lowest BCUT2D eigenvalue weighted by molar-refractivity contribution is 1.15. The molecule has 58 valence electrons. The van der Waals surface area contributed by atoms with Crippen LogP contribution in [0.15, 0.2) is 17.0 Å². The van der Waals surface area contributed by atoms with Gasteiger partial charge in [-0.1, -0.05) is 11.6 Å². The molecular weight excluding hydrogens is 178 g/mol. The molecule has 0 aliphatic carbocycles. The zero-order valence-electron chi connectivity index (χ0n) is 5.93. The first-order valence-corrected chi connectivity index (χ1v) is 4.85. The van der Waals surface area contributed by atoms with E-state index in [4.69, 9.17) is 17.3 Å². The van der Waals surface area contributed by atoms with E-state index in [0.29, 0.717) is 5.02 Å². The Morgan fingerprint density at radius 1 is 1.45 bits per heavy atom. The Bertz CT molecular complexity index is 298. The number of nitrogens with two attached hydrogens (primary N) is 1. The van der Waals surface area contributed by atoms with E-state index < -0.39 is 0 Å². The third-order valence-corrected chi connectivity index (χ3v) is 3.30. The number of hydrogen-bond acceptors (Lipinski definition) is 2. The monoisotopic (exact) mass is 185 g/mol. The van der Waals surface area contributed by atoms with Crippen molar-refractivity contribution >= 4 is 29.1 Å². The van der Waals surface area contributed by atoms with Crippen LogP contribution in [0.3, 0.4) is 0 Å². The SMILES string of the molecule is Nc1c(Cl)ccc2c1CCS2. The maximum Gasteiger partial charge on any atom is 0.0639 e. The van der Waals surface area contributed by atoms with E-state index >= 15 is 0 Å². The topological polar surface area (TPSA) is 26.0 Å². The normalized spacial score (nSPS) is 15.0. The van der Waals surface area contributed by atoms with Gasteiger partial charge in [-0.2, -0.15) is 0 Å². The number of nitrogen functional groups attached to an aromatic ring is 1. The number of rotatable bonds is 0. The van der Waals surface area contributed by atoms with Gasteiger partial charge >= 0.3 is 0 Å². The smallest absolute Gasteiger partial charge is 0.0639 e. The molecule has 0 unspecified atom stereocenters. The van der Waals surface area contributed by atoms with Crippen LogP contribution in [0.1, 0.15) is 5.56 Å². The molecule has 1 aromatic rings. The molecule has 3 heteroatoms. The maximum atomic E-state index is 5.86. The Morgan fingerprint density at radius 3 is 3.09 bits per heavy atom. The standard InChI is InChI=1S/C8H8ClNS/c9-6-1-2-7-5(8(6)10)3-4-11-7/h1-2H,3-4,10H2. The maximum absolute atomic E-state index is 5.86. The molecule has 1 nitrogen and oxygen atoms in total. The lowest BCUT2D eigenvalue weighted by Gasteiger charge is -2.03. The molecule has 0 amide bonds. The number of thioether (sulfide) groups is 1. The van der Waals surface area contributed by atoms with Crippen LogP contribution in [0, 0.1) is 0 Å². The Hall–Kier alpha value is -0.340. The van der Waals surface area contributed by atoms with E-state index in [-0.39, 0.29) is 0 Å². The summed E-state index contributed by atoms with van der Waals surface area (Å²) >= 11 is 7.71. The molecule has 1 aromatic carbocycles. The summed E-state index contributed by atoms with van der Waals surface area (Å²) in [5, 5.41) is 0.686. The van der Waals surface area contributed by atoms with Crippen LogP contribution in [-0.2, 0) is 6.42 Å². The zero-order valence-corrected chi connectivity index (χ0v) is 7.50. The van der Waals surface area contributed by atoms with Crippen molar-refractivity contribution in [3.63, 3.8) is 0 Å². The summed E-state index contributed by atoms with van der Waals surface area (Å²) in [5.74, 6) is 1.14. The van der Waals surface area contributed by atoms with Gasteiger partial charge in [0.25, 0.3) is 0 Å². The van der Waals surface area contributed by atoms with Crippen molar-refractivity contribution in [2.75, 3.05) is 11.5 Å². The van der Waals surface area contributed by atoms with Crippen LogP contribution in [-0.4, -0.2) is 5.75 Å². The molecular formula is C8H8ClNS. The summed E-state index contributed by atoms with van der Waals surface area (Å²) in [5.41, 5.74) is 7.80. The van der Waals surface area contributed by atoms with Crippen molar-refractivity contribution < 1.29 is 0 Å². The van der Waals surface area contributed by atoms with E-state index in [1.807, 2.05) is 23.9 Å². The summed E-state index contributed by atoms with van der Waals surface area (Å²) in [4.78, 5) is 1.30. The fourth-order valence-electron chi connectivity index (χ4n) is 1.27. The third kappa shape index (κ3) is 1.10. The number of fused-ring (bicyclic) bond motifs is 1. The lowest BCUT2D eigenvalue weighted by atomic mass is 10.1. The van der Waals surface area contributed by atoms with Gasteiger partial charge in [0.1, 0.15) is 0 Å². The quantitative estimate of drug-likeness (QED) is 0.629. The fourth-order valence-corrected chi connectivity index (χ4v) is 2.53. The van der Waals surface area contributed by atoms with Gasteiger partial charge in [-0.15, -0.1) is 11.8 Å². The lowest BCUT2D eigenvalue weighted by Crippen LogP contribution is -1.93. The van der Waals surface area contributed by atoms with E-state index in [1.54, 1.807) is 0 Å². The van der Waals surface area contributed by atoms with E-state index in [0.717, 1.165) is 17.9 Å². The van der Waals surface area contributed by atoms with Crippen LogP contribution in [0.2, 0.25) is 5.02 Å². The van der Waals surface area contributed by atoms with Crippen molar-refractivity contribution in [3.05, 3.63) is 22.7 Å². The summed E-state index contributed by atoms with van der Waals surface area (Å²) in [6.45, 7) is 0. The van der Waals surface area contributed by atoms with Crippen molar-refractivity contribution in [1.29, 1.82) is 0 Å². The average molecular weight is 186 g/mol. The van der Waals surface area contributed by atoms with Gasteiger partial charge in [0.2, 0.25) is 0 Å². The molecule has 2 N–H and O–H groups in total. The molecule has 0 bridgehead atoms. The highest BCUT2D eigenvalue weighted by Crippen LogP contribution is 2.37. The first kappa shape index (κ1) is 7.32. The Kier molecular flexibility index (Phi) is 1.74. The van der Waals surface area contributed by atoms with Gasteiger partial charge in [-0.3, -0.25) is 0 Å². The highest BCUT2D eigenvalue weighted by molar-refractivity contribution is 7.99. The van der Waals surface area contributed by atoms with Crippen molar-refractivity contribution in [1.82, 2.24) is 0 Å². The number of benzene rings is 1. The third-order valence-electron chi connectivity index (χ3n) is 1.87. The van der Waals surface area contributed by atoms with Gasteiger partial charge in [0.15, 0.2) is 0 Å². The van der Waals surface area contributed by atoms with Gasteiger partial charge in [-0.25, -0.2) is 0 Å². The molecule has 0 spiro atoms. The Balaban J connectivity index is 2.62. The average Bonchev–Trinajstić information content (AvgIpc) is 2.45. The molecule has 11 heavy (non-hydrogen) atoms. The van der Waals surface area contributed by atoms with Gasteiger partial charge in [0, 0.05) is 10.6 Å². The zero-order chi connectivity index (χ0) is 7.84. The molecule has 1 heterocycles. The molecule has 1 aliphatic heterocycles. The van der Waals surface area contributed by atoms with Crippen LogP contribution >= 0.6 is 23.4 Å². The van der Waals surface area contributed by atoms with Crippen LogP contribution in [0.5, 0.6) is 0 Å². The minimum Gasteiger partial charge on any atom is -0.397 e. The molecule has 0 atom stereocenters. The summed E-state index contributed by atoms with van der Waals surface area (Å²) < 4.78 is 0. The molecule has 0 aromatic heterocycles. The molecule has 0 fully saturated rings. The minimum absolute atomic E-state index is 0.686. The summed E-state index contributed by atoms with van der Waals surface area (Å²) in [7, 11) is 0. The second-order valence-corrected chi connectivity index (χ2v) is 4.08. The first-order chi connectivity index (χ1) is 5.29. The second-order valence-electron chi connectivity index (χ2n) is 2.54. The molecule has 2 rings (SSSR count). The summed E-state index contributed by atoms with van der Waals surface area (Å²) in [6, 6.07) is 3.92. The van der Waals surface area contributed by atoms with Crippen LogP contribution in [0.4, 0.5) is 5.69 Å². The number of halogens is 1. The summed E-state index contributed by atoms with van der Waals surface area (Å²) in [6.07, 6.45) is 1.06. The van der Waals surface area contributed by atoms with E-state index in [1.165, 1.54) is 10.5 Å². The molecule has 0 saturated carbocycles. The highest BCUT2D eigenvalue weighted by Gasteiger charge is 2.15. The van der Waals surface area contributed by atoms with E-state index in [2.05, 4.69) is 0 Å². The Morgan fingerprint density at radius 2 is 2.27 bits per heavy atom. The van der Waals surface area contributed by atoms with Crippen molar-refractivity contribution in [3.8, 4) is 0 Å². The van der Waals surface area contributed by atoms with Gasteiger partial charge < -0.3 is 5.73 Å². The fraction of sp³-hybridized carbons (Fsp3) is 0.250. The minimum atomic E-state index is 0.686. The molecule has 0 saturated heterocycles. The van der Waals surface area contributed by atoms with E-state index in [9.17, 15) is 0 Å². The predicted molar refractivity (Wildman–Crippen MR) is 50.3 cm³/mol. The molecule has 0 radical (unpaired) electrons.